The van der Waals surface area contributed by atoms with E-state index < -0.39 is 12.0 Å². The predicted molar refractivity (Wildman–Crippen MR) is 90.0 cm³/mol. The first-order valence-corrected chi connectivity index (χ1v) is 8.35. The molecule has 0 aliphatic heterocycles. The van der Waals surface area contributed by atoms with Crippen molar-refractivity contribution in [2.24, 2.45) is 5.73 Å². The number of amides is 2. The third-order valence-corrected chi connectivity index (χ3v) is 5.04. The van der Waals surface area contributed by atoms with E-state index in [2.05, 4.69) is 5.32 Å². The minimum Gasteiger partial charge on any atom is -0.481 e. The molecule has 3 N–H and O–H groups in total. The number of ether oxygens (including phenoxy) is 1. The highest BCUT2D eigenvalue weighted by Crippen LogP contribution is 2.38. The van der Waals surface area contributed by atoms with Gasteiger partial charge in [0.25, 0.3) is 11.8 Å². The summed E-state index contributed by atoms with van der Waals surface area (Å²) in [6.07, 6.45) is 2.14. The van der Waals surface area contributed by atoms with Crippen LogP contribution in [0.4, 0.5) is 5.00 Å². The SMILES string of the molecule is CC(Oc1ccccc1)C(=O)Nc1sc2c(c1C(N)=O)CCC2. The molecule has 23 heavy (non-hydrogen) atoms. The lowest BCUT2D eigenvalue weighted by molar-refractivity contribution is -0.122. The van der Waals surface area contributed by atoms with Crippen molar-refractivity contribution in [3.8, 4) is 5.75 Å². The number of aryl methyl sites for hydroxylation is 1. The monoisotopic (exact) mass is 330 g/mol. The summed E-state index contributed by atoms with van der Waals surface area (Å²) in [5.74, 6) is -0.161. The number of rotatable bonds is 5. The maximum absolute atomic E-state index is 12.3. The third-order valence-electron chi connectivity index (χ3n) is 3.83. The zero-order valence-electron chi connectivity index (χ0n) is 12.8. The lowest BCUT2D eigenvalue weighted by atomic mass is 10.1. The van der Waals surface area contributed by atoms with Crippen LogP contribution in [0.15, 0.2) is 30.3 Å². The van der Waals surface area contributed by atoms with Crippen molar-refractivity contribution in [1.82, 2.24) is 0 Å². The van der Waals surface area contributed by atoms with Gasteiger partial charge in [-0.15, -0.1) is 11.3 Å². The molecule has 0 radical (unpaired) electrons. The molecule has 120 valence electrons. The van der Waals surface area contributed by atoms with Gasteiger partial charge in [-0.1, -0.05) is 18.2 Å². The molecule has 6 heteroatoms. The molecule has 2 aromatic rings. The fourth-order valence-corrected chi connectivity index (χ4v) is 4.02. The number of primary amides is 1. The van der Waals surface area contributed by atoms with E-state index in [0.717, 1.165) is 29.7 Å². The average Bonchev–Trinajstić information content (AvgIpc) is 3.08. The molecule has 1 atom stereocenters. The van der Waals surface area contributed by atoms with Gasteiger partial charge in [0.1, 0.15) is 10.8 Å². The summed E-state index contributed by atoms with van der Waals surface area (Å²) in [7, 11) is 0. The minimum atomic E-state index is -0.671. The molecule has 0 saturated heterocycles. The number of carbonyl (C=O) groups excluding carboxylic acids is 2. The molecule has 3 rings (SSSR count). The van der Waals surface area contributed by atoms with Crippen LogP contribution < -0.4 is 15.8 Å². The molecule has 1 aromatic heterocycles. The van der Waals surface area contributed by atoms with Crippen LogP contribution >= 0.6 is 11.3 Å². The second-order valence-corrected chi connectivity index (χ2v) is 6.59. The van der Waals surface area contributed by atoms with Gasteiger partial charge in [-0.25, -0.2) is 0 Å². The number of carbonyl (C=O) groups is 2. The van der Waals surface area contributed by atoms with Gasteiger partial charge in [-0.3, -0.25) is 9.59 Å². The smallest absolute Gasteiger partial charge is 0.265 e. The molecule has 1 heterocycles. The highest BCUT2D eigenvalue weighted by Gasteiger charge is 2.27. The topological polar surface area (TPSA) is 81.4 Å². The van der Waals surface area contributed by atoms with Gasteiger partial charge in [0.2, 0.25) is 0 Å². The fourth-order valence-electron chi connectivity index (χ4n) is 2.72. The number of fused-ring (bicyclic) bond motifs is 1. The maximum atomic E-state index is 12.3. The third kappa shape index (κ3) is 3.22. The second kappa shape index (κ2) is 6.42. The summed E-state index contributed by atoms with van der Waals surface area (Å²) in [5.41, 5.74) is 6.95. The number of thiophene rings is 1. The lowest BCUT2D eigenvalue weighted by Gasteiger charge is -2.14. The van der Waals surface area contributed by atoms with Gasteiger partial charge in [0.15, 0.2) is 6.10 Å². The Kier molecular flexibility index (Phi) is 4.34. The van der Waals surface area contributed by atoms with Crippen molar-refractivity contribution < 1.29 is 14.3 Å². The quantitative estimate of drug-likeness (QED) is 0.884. The summed E-state index contributed by atoms with van der Waals surface area (Å²) in [5, 5.41) is 3.33. The van der Waals surface area contributed by atoms with Crippen LogP contribution in [0.3, 0.4) is 0 Å². The summed E-state index contributed by atoms with van der Waals surface area (Å²) >= 11 is 1.44. The van der Waals surface area contributed by atoms with E-state index in [1.165, 1.54) is 11.3 Å². The number of hydrogen-bond donors (Lipinski definition) is 2. The Morgan fingerprint density at radius 3 is 2.70 bits per heavy atom. The molecule has 0 fully saturated rings. The number of hydrogen-bond acceptors (Lipinski definition) is 4. The van der Waals surface area contributed by atoms with Crippen LogP contribution in [0, 0.1) is 0 Å². The molecule has 1 unspecified atom stereocenters. The van der Waals surface area contributed by atoms with Crippen molar-refractivity contribution >= 4 is 28.2 Å². The number of nitrogens with two attached hydrogens (primary N) is 1. The summed E-state index contributed by atoms with van der Waals surface area (Å²) < 4.78 is 5.60. The zero-order valence-corrected chi connectivity index (χ0v) is 13.6. The molecule has 0 saturated carbocycles. The Hall–Kier alpha value is -2.34. The van der Waals surface area contributed by atoms with E-state index in [-0.39, 0.29) is 5.91 Å². The number of para-hydroxylation sites is 1. The molecule has 1 aliphatic rings. The van der Waals surface area contributed by atoms with Crippen molar-refractivity contribution in [3.05, 3.63) is 46.3 Å². The fraction of sp³-hybridized carbons (Fsp3) is 0.294. The molecule has 2 amide bonds. The van der Waals surface area contributed by atoms with Crippen molar-refractivity contribution in [2.45, 2.75) is 32.3 Å². The highest BCUT2D eigenvalue weighted by atomic mass is 32.1. The van der Waals surface area contributed by atoms with Crippen LogP contribution in [0.2, 0.25) is 0 Å². The first-order valence-electron chi connectivity index (χ1n) is 7.53. The Morgan fingerprint density at radius 1 is 1.26 bits per heavy atom. The summed E-state index contributed by atoms with van der Waals surface area (Å²) in [6, 6.07) is 9.14. The first kappa shape index (κ1) is 15.6. The van der Waals surface area contributed by atoms with Crippen LogP contribution in [0.25, 0.3) is 0 Å². The number of anilines is 1. The Labute approximate surface area is 138 Å². The van der Waals surface area contributed by atoms with Crippen LogP contribution in [0.5, 0.6) is 5.75 Å². The maximum Gasteiger partial charge on any atom is 0.265 e. The Balaban J connectivity index is 1.74. The van der Waals surface area contributed by atoms with Gasteiger partial charge in [-0.05, 0) is 43.9 Å². The summed E-state index contributed by atoms with van der Waals surface area (Å²) in [6.45, 7) is 1.67. The first-order chi connectivity index (χ1) is 11.1. The van der Waals surface area contributed by atoms with Crippen molar-refractivity contribution in [1.29, 1.82) is 0 Å². The van der Waals surface area contributed by atoms with Crippen LogP contribution in [-0.2, 0) is 17.6 Å². The van der Waals surface area contributed by atoms with Crippen molar-refractivity contribution in [3.63, 3.8) is 0 Å². The Bertz CT molecular complexity index is 740. The molecule has 5 nitrogen and oxygen atoms in total. The largest absolute Gasteiger partial charge is 0.481 e. The average molecular weight is 330 g/mol. The Morgan fingerprint density at radius 2 is 2.00 bits per heavy atom. The molecule has 0 spiro atoms. The van der Waals surface area contributed by atoms with E-state index >= 15 is 0 Å². The van der Waals surface area contributed by atoms with Crippen molar-refractivity contribution in [2.75, 3.05) is 5.32 Å². The van der Waals surface area contributed by atoms with E-state index in [1.54, 1.807) is 19.1 Å². The standard InChI is InChI=1S/C17H18N2O3S/c1-10(22-11-6-3-2-4-7-11)16(21)19-17-14(15(18)20)12-8-5-9-13(12)23-17/h2-4,6-7,10H,5,8-9H2,1H3,(H2,18,20)(H,19,21). The molecule has 1 aliphatic carbocycles. The number of nitrogens with one attached hydrogen (secondary N) is 1. The van der Waals surface area contributed by atoms with E-state index in [1.807, 2.05) is 18.2 Å². The van der Waals surface area contributed by atoms with Crippen LogP contribution in [0.1, 0.15) is 34.1 Å². The molecular weight excluding hydrogens is 312 g/mol. The normalized spacial score (nSPS) is 14.1. The van der Waals surface area contributed by atoms with Gasteiger partial charge in [0.05, 0.1) is 5.56 Å². The summed E-state index contributed by atoms with van der Waals surface area (Å²) in [4.78, 5) is 25.2. The van der Waals surface area contributed by atoms with E-state index in [0.29, 0.717) is 16.3 Å². The number of benzene rings is 1. The van der Waals surface area contributed by atoms with Gasteiger partial charge in [-0.2, -0.15) is 0 Å². The molecule has 1 aromatic carbocycles. The zero-order chi connectivity index (χ0) is 16.4. The lowest BCUT2D eigenvalue weighted by Crippen LogP contribution is -2.30. The second-order valence-electron chi connectivity index (χ2n) is 5.49. The predicted octanol–water partition coefficient (Wildman–Crippen LogP) is 2.74. The van der Waals surface area contributed by atoms with Gasteiger partial charge in [0, 0.05) is 4.88 Å². The van der Waals surface area contributed by atoms with Gasteiger partial charge >= 0.3 is 0 Å². The molecule has 0 bridgehead atoms. The highest BCUT2D eigenvalue weighted by molar-refractivity contribution is 7.17. The molecular formula is C17H18N2O3S. The van der Waals surface area contributed by atoms with Gasteiger partial charge < -0.3 is 15.8 Å². The van der Waals surface area contributed by atoms with Crippen LogP contribution in [-0.4, -0.2) is 17.9 Å². The van der Waals surface area contributed by atoms with E-state index in [4.69, 9.17) is 10.5 Å². The van der Waals surface area contributed by atoms with E-state index in [9.17, 15) is 9.59 Å². The minimum absolute atomic E-state index is 0.295.